The highest BCUT2D eigenvalue weighted by Gasteiger charge is 2.39. The lowest BCUT2D eigenvalue weighted by atomic mass is 9.96. The van der Waals surface area contributed by atoms with Crippen LogP contribution in [0, 0.1) is 18.8 Å². The zero-order valence-electron chi connectivity index (χ0n) is 10.8. The molecule has 2 fully saturated rings. The van der Waals surface area contributed by atoms with Crippen LogP contribution in [0.2, 0.25) is 0 Å². The van der Waals surface area contributed by atoms with Gasteiger partial charge in [0.2, 0.25) is 0 Å². The third kappa shape index (κ3) is 2.51. The first-order chi connectivity index (χ1) is 8.70. The molecule has 2 nitrogen and oxygen atoms in total. The average Bonchev–Trinajstić information content (AvgIpc) is 2.90. The molecule has 1 aromatic carbocycles. The zero-order chi connectivity index (χ0) is 12.5. The molecule has 0 saturated heterocycles. The summed E-state index contributed by atoms with van der Waals surface area (Å²) in [5.41, 5.74) is 2.33. The SMILES string of the molecule is Cc1cccc(NC(=S)N[C@H]2C[C@H]3CC[C@H]2C3)c1. The summed E-state index contributed by atoms with van der Waals surface area (Å²) in [5.74, 6) is 1.81. The lowest BCUT2D eigenvalue weighted by molar-refractivity contribution is 0.392. The van der Waals surface area contributed by atoms with Gasteiger partial charge in [-0.05, 0) is 67.9 Å². The Bertz CT molecular complexity index is 458. The molecule has 2 aliphatic rings. The smallest absolute Gasteiger partial charge is 0.171 e. The number of nitrogens with one attached hydrogen (secondary N) is 2. The summed E-state index contributed by atoms with van der Waals surface area (Å²) in [4.78, 5) is 0. The molecular formula is C15H20N2S. The normalized spacial score (nSPS) is 29.3. The molecule has 0 aromatic heterocycles. The molecule has 2 bridgehead atoms. The van der Waals surface area contributed by atoms with Crippen LogP contribution in [0.1, 0.15) is 31.2 Å². The Balaban J connectivity index is 1.56. The maximum atomic E-state index is 5.41. The van der Waals surface area contributed by atoms with Crippen molar-refractivity contribution in [3.63, 3.8) is 0 Å². The Morgan fingerprint density at radius 1 is 1.28 bits per heavy atom. The monoisotopic (exact) mass is 260 g/mol. The van der Waals surface area contributed by atoms with Gasteiger partial charge in [0.15, 0.2) is 5.11 Å². The third-order valence-corrected chi connectivity index (χ3v) is 4.55. The summed E-state index contributed by atoms with van der Waals surface area (Å²) in [6, 6.07) is 8.93. The molecule has 3 rings (SSSR count). The van der Waals surface area contributed by atoms with E-state index >= 15 is 0 Å². The molecule has 3 heteroatoms. The van der Waals surface area contributed by atoms with Gasteiger partial charge >= 0.3 is 0 Å². The first-order valence-electron chi connectivity index (χ1n) is 6.85. The average molecular weight is 260 g/mol. The Morgan fingerprint density at radius 2 is 2.17 bits per heavy atom. The van der Waals surface area contributed by atoms with Crippen LogP contribution in [0.4, 0.5) is 5.69 Å². The minimum atomic E-state index is 0.605. The molecule has 2 saturated carbocycles. The molecule has 18 heavy (non-hydrogen) atoms. The second-order valence-electron chi connectivity index (χ2n) is 5.75. The molecule has 3 atom stereocenters. The summed E-state index contributed by atoms with van der Waals surface area (Å²) in [5, 5.41) is 7.56. The number of anilines is 1. The van der Waals surface area contributed by atoms with E-state index in [2.05, 4.69) is 41.8 Å². The van der Waals surface area contributed by atoms with Crippen molar-refractivity contribution in [3.05, 3.63) is 29.8 Å². The fraction of sp³-hybridized carbons (Fsp3) is 0.533. The number of aryl methyl sites for hydroxylation is 1. The highest BCUT2D eigenvalue weighted by molar-refractivity contribution is 7.80. The predicted molar refractivity (Wildman–Crippen MR) is 79.8 cm³/mol. The van der Waals surface area contributed by atoms with Crippen molar-refractivity contribution in [2.24, 2.45) is 11.8 Å². The molecule has 0 amide bonds. The van der Waals surface area contributed by atoms with E-state index in [0.717, 1.165) is 22.6 Å². The number of rotatable bonds is 2. The van der Waals surface area contributed by atoms with E-state index in [9.17, 15) is 0 Å². The Morgan fingerprint density at radius 3 is 2.83 bits per heavy atom. The van der Waals surface area contributed by atoms with Gasteiger partial charge in [-0.15, -0.1) is 0 Å². The number of thiocarbonyl (C=S) groups is 1. The minimum Gasteiger partial charge on any atom is -0.359 e. The van der Waals surface area contributed by atoms with Crippen LogP contribution < -0.4 is 10.6 Å². The van der Waals surface area contributed by atoms with Crippen molar-refractivity contribution in [1.29, 1.82) is 0 Å². The van der Waals surface area contributed by atoms with Gasteiger partial charge in [0, 0.05) is 11.7 Å². The number of benzene rings is 1. The first kappa shape index (κ1) is 12.0. The van der Waals surface area contributed by atoms with Gasteiger partial charge in [-0.2, -0.15) is 0 Å². The van der Waals surface area contributed by atoms with E-state index < -0.39 is 0 Å². The zero-order valence-corrected chi connectivity index (χ0v) is 11.6. The van der Waals surface area contributed by atoms with E-state index in [1.807, 2.05) is 0 Å². The molecule has 0 unspecified atom stereocenters. The van der Waals surface area contributed by atoms with Gasteiger partial charge in [0.05, 0.1) is 0 Å². The highest BCUT2D eigenvalue weighted by Crippen LogP contribution is 2.44. The van der Waals surface area contributed by atoms with Gasteiger partial charge in [0.1, 0.15) is 0 Å². The molecule has 1 aromatic rings. The topological polar surface area (TPSA) is 24.1 Å². The van der Waals surface area contributed by atoms with E-state index in [4.69, 9.17) is 12.2 Å². The van der Waals surface area contributed by atoms with Gasteiger partial charge in [-0.1, -0.05) is 18.6 Å². The van der Waals surface area contributed by atoms with Crippen molar-refractivity contribution in [2.45, 2.75) is 38.6 Å². The fourth-order valence-electron chi connectivity index (χ4n) is 3.48. The molecule has 96 valence electrons. The summed E-state index contributed by atoms with van der Waals surface area (Å²) in [6.45, 7) is 2.09. The maximum absolute atomic E-state index is 5.41. The predicted octanol–water partition coefficient (Wildman–Crippen LogP) is 3.47. The van der Waals surface area contributed by atoms with Crippen LogP contribution in [-0.2, 0) is 0 Å². The quantitative estimate of drug-likeness (QED) is 0.796. The van der Waals surface area contributed by atoms with E-state index in [-0.39, 0.29) is 0 Å². The molecule has 0 heterocycles. The Labute approximate surface area is 114 Å². The minimum absolute atomic E-state index is 0.605. The van der Waals surface area contributed by atoms with Crippen molar-refractivity contribution in [1.82, 2.24) is 5.32 Å². The second-order valence-corrected chi connectivity index (χ2v) is 6.16. The first-order valence-corrected chi connectivity index (χ1v) is 7.26. The fourth-order valence-corrected chi connectivity index (χ4v) is 3.75. The van der Waals surface area contributed by atoms with Crippen LogP contribution in [0.25, 0.3) is 0 Å². The van der Waals surface area contributed by atoms with Gasteiger partial charge in [-0.25, -0.2) is 0 Å². The molecule has 0 aliphatic heterocycles. The molecular weight excluding hydrogens is 240 g/mol. The van der Waals surface area contributed by atoms with E-state index in [1.165, 1.54) is 31.2 Å². The van der Waals surface area contributed by atoms with Crippen LogP contribution >= 0.6 is 12.2 Å². The summed E-state index contributed by atoms with van der Waals surface area (Å²) in [7, 11) is 0. The van der Waals surface area contributed by atoms with Crippen molar-refractivity contribution >= 4 is 23.0 Å². The molecule has 2 N–H and O–H groups in total. The van der Waals surface area contributed by atoms with Gasteiger partial charge in [-0.3, -0.25) is 0 Å². The van der Waals surface area contributed by atoms with Crippen LogP contribution in [0.5, 0.6) is 0 Å². The van der Waals surface area contributed by atoms with Gasteiger partial charge in [0.25, 0.3) is 0 Å². The van der Waals surface area contributed by atoms with E-state index in [1.54, 1.807) is 0 Å². The summed E-state index contributed by atoms with van der Waals surface area (Å²) in [6.07, 6.45) is 5.53. The maximum Gasteiger partial charge on any atom is 0.171 e. The summed E-state index contributed by atoms with van der Waals surface area (Å²) < 4.78 is 0. The lowest BCUT2D eigenvalue weighted by Crippen LogP contribution is -2.40. The Hall–Kier alpha value is -1.09. The number of hydrogen-bond donors (Lipinski definition) is 2. The largest absolute Gasteiger partial charge is 0.359 e. The molecule has 0 spiro atoms. The van der Waals surface area contributed by atoms with Crippen molar-refractivity contribution in [2.75, 3.05) is 5.32 Å². The second kappa shape index (κ2) is 4.88. The third-order valence-electron chi connectivity index (χ3n) is 4.33. The standard InChI is InChI=1S/C15H20N2S/c1-10-3-2-4-13(7-10)16-15(18)17-14-9-11-5-6-12(14)8-11/h2-4,7,11-12,14H,5-6,8-9H2,1H3,(H2,16,17,18)/t11-,12-,14-/m0/s1. The molecule has 2 aliphatic carbocycles. The highest BCUT2D eigenvalue weighted by atomic mass is 32.1. The Kier molecular flexibility index (Phi) is 3.25. The number of fused-ring (bicyclic) bond motifs is 2. The van der Waals surface area contributed by atoms with Crippen LogP contribution in [-0.4, -0.2) is 11.2 Å². The van der Waals surface area contributed by atoms with Crippen LogP contribution in [0.3, 0.4) is 0 Å². The van der Waals surface area contributed by atoms with Crippen molar-refractivity contribution < 1.29 is 0 Å². The van der Waals surface area contributed by atoms with E-state index in [0.29, 0.717) is 6.04 Å². The number of hydrogen-bond acceptors (Lipinski definition) is 1. The van der Waals surface area contributed by atoms with Crippen molar-refractivity contribution in [3.8, 4) is 0 Å². The van der Waals surface area contributed by atoms with Crippen LogP contribution in [0.15, 0.2) is 24.3 Å². The summed E-state index contributed by atoms with van der Waals surface area (Å²) >= 11 is 5.41. The van der Waals surface area contributed by atoms with Gasteiger partial charge < -0.3 is 10.6 Å². The molecule has 0 radical (unpaired) electrons. The lowest BCUT2D eigenvalue weighted by Gasteiger charge is -2.24.